The molecule has 0 radical (unpaired) electrons. The second-order valence-electron chi connectivity index (χ2n) is 24.9. The van der Waals surface area contributed by atoms with Gasteiger partial charge in [-0.25, -0.2) is 0 Å². The summed E-state index contributed by atoms with van der Waals surface area (Å²) in [6, 6.07) is 10.3. The highest BCUT2D eigenvalue weighted by atomic mass is 16.6. The zero-order valence-corrected chi connectivity index (χ0v) is 44.7. The van der Waals surface area contributed by atoms with Gasteiger partial charge in [0, 0.05) is 26.4 Å². The molecule has 0 bridgehead atoms. The van der Waals surface area contributed by atoms with Crippen LogP contribution < -0.4 is 0 Å². The van der Waals surface area contributed by atoms with E-state index >= 15 is 0 Å². The highest BCUT2D eigenvalue weighted by Gasteiger charge is 2.69. The lowest BCUT2D eigenvalue weighted by Gasteiger charge is -2.71. The molecule has 1 heterocycles. The molecule has 7 heteroatoms. The number of ether oxygens (including phenoxy) is 6. The van der Waals surface area contributed by atoms with Crippen molar-refractivity contribution in [3.63, 3.8) is 0 Å². The number of carbonyl (C=O) groups is 1. The van der Waals surface area contributed by atoms with Gasteiger partial charge in [0.05, 0.1) is 18.1 Å². The largest absolute Gasteiger partial charge is 0.460 e. The molecule has 1 saturated heterocycles. The second kappa shape index (κ2) is 22.3. The lowest BCUT2D eigenvalue weighted by Crippen LogP contribution is -2.65. The van der Waals surface area contributed by atoms with E-state index in [0.717, 1.165) is 108 Å². The number of rotatable bonds is 22. The molecule has 1 aliphatic heterocycles. The van der Waals surface area contributed by atoms with Crippen molar-refractivity contribution >= 4 is 5.97 Å². The molecule has 1 aromatic rings. The van der Waals surface area contributed by atoms with Crippen LogP contribution >= 0.6 is 0 Å². The van der Waals surface area contributed by atoms with Crippen molar-refractivity contribution in [2.45, 2.75) is 235 Å². The minimum Gasteiger partial charge on any atom is -0.460 e. The molecule has 4 saturated carbocycles. The minimum absolute atomic E-state index is 0.0523. The summed E-state index contributed by atoms with van der Waals surface area (Å²) >= 11 is 0. The number of hydrogen-bond acceptors (Lipinski definition) is 7. The van der Waals surface area contributed by atoms with Crippen molar-refractivity contribution in [2.75, 3.05) is 33.0 Å². The minimum atomic E-state index is -0.429. The van der Waals surface area contributed by atoms with Gasteiger partial charge in [0.15, 0.2) is 0 Å². The standard InChI is InChI=1S/C60H98O7/c1-12-16-35-62-42-48-52(64-37-18-14-3)53(65-38-19-15-4)51(63-36-17-13-2)47(67-48)39-44-27-29-57(9)49(56(44,7)8)28-30-59(11)50(57)26-25-45-46-40-55(5,6)31-33-60(46,34-32-58(45,59)10)54(61)66-41-43-23-21-20-22-24-43/h20-25,44,46-53H,12-19,26-42H2,1-11H3/t44-,46?,47+,48?,49?,50?,51-,52-,53?,57+,58-,59-,60+/m1/s1. The molecule has 0 amide bonds. The predicted octanol–water partition coefficient (Wildman–Crippen LogP) is 14.7. The normalized spacial score (nSPS) is 38.7. The lowest BCUT2D eigenvalue weighted by molar-refractivity contribution is -0.272. The van der Waals surface area contributed by atoms with Gasteiger partial charge >= 0.3 is 5.97 Å². The second-order valence-corrected chi connectivity index (χ2v) is 24.9. The van der Waals surface area contributed by atoms with Gasteiger partial charge in [-0.1, -0.05) is 144 Å². The zero-order chi connectivity index (χ0) is 48.1. The van der Waals surface area contributed by atoms with Crippen LogP contribution in [0.3, 0.4) is 0 Å². The van der Waals surface area contributed by atoms with Gasteiger partial charge in [-0.15, -0.1) is 0 Å². The molecular formula is C60H98O7. The molecule has 1 aromatic carbocycles. The van der Waals surface area contributed by atoms with Gasteiger partial charge in [0.2, 0.25) is 0 Å². The van der Waals surface area contributed by atoms with E-state index in [9.17, 15) is 4.79 Å². The van der Waals surface area contributed by atoms with Gasteiger partial charge in [-0.3, -0.25) is 4.79 Å². The maximum atomic E-state index is 14.6. The third-order valence-corrected chi connectivity index (χ3v) is 20.1. The van der Waals surface area contributed by atoms with Crippen molar-refractivity contribution in [2.24, 2.45) is 56.2 Å². The van der Waals surface area contributed by atoms with Gasteiger partial charge < -0.3 is 28.4 Å². The van der Waals surface area contributed by atoms with Crippen LogP contribution in [0, 0.1) is 56.2 Å². The molecule has 67 heavy (non-hydrogen) atoms. The van der Waals surface area contributed by atoms with Gasteiger partial charge in [0.25, 0.3) is 0 Å². The Morgan fingerprint density at radius 3 is 1.94 bits per heavy atom. The number of carbonyl (C=O) groups excluding carboxylic acids is 1. The molecule has 380 valence electrons. The fourth-order valence-electron chi connectivity index (χ4n) is 15.7. The number of benzene rings is 1. The Balaban J connectivity index is 1.15. The molecule has 0 aromatic heterocycles. The Morgan fingerprint density at radius 1 is 0.672 bits per heavy atom. The third kappa shape index (κ3) is 10.6. The quantitative estimate of drug-likeness (QED) is 0.0651. The molecule has 5 fully saturated rings. The van der Waals surface area contributed by atoms with Crippen molar-refractivity contribution < 1.29 is 33.2 Å². The third-order valence-electron chi connectivity index (χ3n) is 20.1. The zero-order valence-electron chi connectivity index (χ0n) is 44.7. The summed E-state index contributed by atoms with van der Waals surface area (Å²) in [5.41, 5.74) is 3.01. The first-order valence-corrected chi connectivity index (χ1v) is 28.0. The maximum Gasteiger partial charge on any atom is 0.313 e. The van der Waals surface area contributed by atoms with E-state index in [0.29, 0.717) is 50.8 Å². The van der Waals surface area contributed by atoms with Crippen LogP contribution in [-0.2, 0) is 39.8 Å². The van der Waals surface area contributed by atoms with Gasteiger partial charge in [-0.05, 0) is 153 Å². The highest BCUT2D eigenvalue weighted by Crippen LogP contribution is 2.76. The van der Waals surface area contributed by atoms with E-state index in [1.807, 2.05) is 18.2 Å². The number of esters is 1. The Kier molecular flexibility index (Phi) is 17.7. The van der Waals surface area contributed by atoms with E-state index < -0.39 is 5.41 Å². The lowest BCUT2D eigenvalue weighted by atomic mass is 9.33. The molecule has 7 nitrogen and oxygen atoms in total. The summed E-state index contributed by atoms with van der Waals surface area (Å²) in [6.07, 6.45) is 22.5. The molecular weight excluding hydrogens is 833 g/mol. The summed E-state index contributed by atoms with van der Waals surface area (Å²) in [5.74, 6) is 2.00. The van der Waals surface area contributed by atoms with Crippen LogP contribution in [0.15, 0.2) is 42.0 Å². The number of fused-ring (bicyclic) bond motifs is 7. The van der Waals surface area contributed by atoms with Crippen LogP contribution in [0.25, 0.3) is 0 Å². The van der Waals surface area contributed by atoms with E-state index in [-0.39, 0.29) is 69.5 Å². The molecule has 7 rings (SSSR count). The average Bonchev–Trinajstić information content (AvgIpc) is 3.30. The Bertz CT molecular complexity index is 1760. The van der Waals surface area contributed by atoms with Crippen LogP contribution in [0.4, 0.5) is 0 Å². The van der Waals surface area contributed by atoms with Crippen molar-refractivity contribution in [3.8, 4) is 0 Å². The monoisotopic (exact) mass is 931 g/mol. The first-order chi connectivity index (χ1) is 32.0. The van der Waals surface area contributed by atoms with Crippen LogP contribution in [0.5, 0.6) is 0 Å². The summed E-state index contributed by atoms with van der Waals surface area (Å²) in [6.45, 7) is 30.9. The molecule has 0 N–H and O–H groups in total. The van der Waals surface area contributed by atoms with Gasteiger partial charge in [-0.2, -0.15) is 0 Å². The Hall–Kier alpha value is -1.77. The van der Waals surface area contributed by atoms with Crippen molar-refractivity contribution in [1.29, 1.82) is 0 Å². The molecule has 0 spiro atoms. The first-order valence-electron chi connectivity index (χ1n) is 28.0. The van der Waals surface area contributed by atoms with Crippen molar-refractivity contribution in [3.05, 3.63) is 47.5 Å². The summed E-state index contributed by atoms with van der Waals surface area (Å²) in [7, 11) is 0. The number of allylic oxidation sites excluding steroid dienone is 2. The number of hydrogen-bond donors (Lipinski definition) is 0. The highest BCUT2D eigenvalue weighted by molar-refractivity contribution is 5.79. The topological polar surface area (TPSA) is 72.5 Å². The van der Waals surface area contributed by atoms with E-state index in [2.05, 4.69) is 94.4 Å². The smallest absolute Gasteiger partial charge is 0.313 e. The Labute approximate surface area is 409 Å². The summed E-state index contributed by atoms with van der Waals surface area (Å²) in [4.78, 5) is 14.6. The van der Waals surface area contributed by atoms with Crippen molar-refractivity contribution in [1.82, 2.24) is 0 Å². The molecule has 5 unspecified atom stereocenters. The van der Waals surface area contributed by atoms with Gasteiger partial charge in [0.1, 0.15) is 31.0 Å². The molecule has 5 aliphatic carbocycles. The van der Waals surface area contributed by atoms with Crippen LogP contribution in [0.2, 0.25) is 0 Å². The average molecular weight is 931 g/mol. The first kappa shape index (κ1) is 53.0. The molecule has 6 aliphatic rings. The predicted molar refractivity (Wildman–Crippen MR) is 272 cm³/mol. The van der Waals surface area contributed by atoms with E-state index in [4.69, 9.17) is 28.4 Å². The van der Waals surface area contributed by atoms with Crippen LogP contribution in [0.1, 0.15) is 204 Å². The molecule has 13 atom stereocenters. The van der Waals surface area contributed by atoms with Crippen LogP contribution in [-0.4, -0.2) is 69.5 Å². The van der Waals surface area contributed by atoms with E-state index in [1.54, 1.807) is 5.57 Å². The Morgan fingerprint density at radius 2 is 1.28 bits per heavy atom. The van der Waals surface area contributed by atoms with E-state index in [1.165, 1.54) is 25.7 Å². The SMILES string of the molecule is CCCCOCC1O[C@@H](C[C@H]2CC[C@@]3(C)C(CC[C@]4(C)C3CC=C3C5CC(C)(C)CC[C@]5(C(=O)OCc5ccccc5)CC[C@]34C)C2(C)C)[C@@H](OCCCC)C(OCCCC)[C@@H]1OCCCC. The summed E-state index contributed by atoms with van der Waals surface area (Å²) < 4.78 is 40.8. The maximum absolute atomic E-state index is 14.6. The fraction of sp³-hybridized carbons (Fsp3) is 0.850. The summed E-state index contributed by atoms with van der Waals surface area (Å²) in [5, 5.41) is 0. The number of unbranched alkanes of at least 4 members (excludes halogenated alkanes) is 4. The fourth-order valence-corrected chi connectivity index (χ4v) is 15.7.